The van der Waals surface area contributed by atoms with Crippen molar-refractivity contribution in [1.29, 1.82) is 0 Å². The van der Waals surface area contributed by atoms with E-state index in [0.29, 0.717) is 5.56 Å². The van der Waals surface area contributed by atoms with Crippen LogP contribution >= 0.6 is 0 Å². The standard InChI is InChI=1S/C12H15NO7S/c1-21(17,18)8-12(19-7-11(6-14)20-12)9-2-4-10(5-3-9)13(15)16/h2-5,11,14H,6-8H2,1H3/t11-,12-/m0/s1. The maximum atomic E-state index is 11.6. The largest absolute Gasteiger partial charge is 0.394 e. The Labute approximate surface area is 121 Å². The van der Waals surface area contributed by atoms with Gasteiger partial charge in [0.05, 0.1) is 18.1 Å². The van der Waals surface area contributed by atoms with Gasteiger partial charge in [0.15, 0.2) is 9.84 Å². The van der Waals surface area contributed by atoms with Gasteiger partial charge in [0.1, 0.15) is 11.9 Å². The summed E-state index contributed by atoms with van der Waals surface area (Å²) in [6.45, 7) is -0.262. The van der Waals surface area contributed by atoms with Crippen LogP contribution in [0.15, 0.2) is 24.3 Å². The zero-order valence-electron chi connectivity index (χ0n) is 11.3. The second-order valence-corrected chi connectivity index (χ2v) is 7.00. The van der Waals surface area contributed by atoms with E-state index in [9.17, 15) is 18.5 Å². The Bertz CT molecular complexity index is 628. The Morgan fingerprint density at radius 3 is 2.48 bits per heavy atom. The maximum absolute atomic E-state index is 11.6. The fraction of sp³-hybridized carbons (Fsp3) is 0.500. The van der Waals surface area contributed by atoms with E-state index in [1.54, 1.807) is 0 Å². The number of ether oxygens (including phenoxy) is 2. The van der Waals surface area contributed by atoms with E-state index in [1.165, 1.54) is 24.3 Å². The van der Waals surface area contributed by atoms with Crippen molar-refractivity contribution in [2.75, 3.05) is 25.2 Å². The van der Waals surface area contributed by atoms with Gasteiger partial charge in [-0.3, -0.25) is 10.1 Å². The van der Waals surface area contributed by atoms with Gasteiger partial charge in [-0.15, -0.1) is 0 Å². The molecule has 1 heterocycles. The van der Waals surface area contributed by atoms with Crippen LogP contribution < -0.4 is 0 Å². The summed E-state index contributed by atoms with van der Waals surface area (Å²) in [7, 11) is -3.44. The number of aliphatic hydroxyl groups excluding tert-OH is 1. The molecule has 1 aromatic rings. The first-order valence-electron chi connectivity index (χ1n) is 6.11. The summed E-state index contributed by atoms with van der Waals surface area (Å²) in [6.07, 6.45) is 0.404. The molecule has 0 aliphatic carbocycles. The molecular formula is C12H15NO7S. The lowest BCUT2D eigenvalue weighted by atomic mass is 10.1. The second-order valence-electron chi connectivity index (χ2n) is 4.86. The van der Waals surface area contributed by atoms with Gasteiger partial charge in [0.25, 0.3) is 5.69 Å². The molecule has 2 rings (SSSR count). The molecular weight excluding hydrogens is 302 g/mol. The third-order valence-electron chi connectivity index (χ3n) is 3.03. The summed E-state index contributed by atoms with van der Waals surface area (Å²) in [5, 5.41) is 19.8. The van der Waals surface area contributed by atoms with Gasteiger partial charge >= 0.3 is 0 Å². The van der Waals surface area contributed by atoms with Gasteiger partial charge in [0, 0.05) is 24.0 Å². The van der Waals surface area contributed by atoms with E-state index < -0.39 is 32.4 Å². The minimum Gasteiger partial charge on any atom is -0.394 e. The average molecular weight is 317 g/mol. The summed E-state index contributed by atoms with van der Waals surface area (Å²) in [5.74, 6) is -1.98. The molecule has 1 fully saturated rings. The monoisotopic (exact) mass is 317 g/mol. The Balaban J connectivity index is 2.38. The topological polar surface area (TPSA) is 116 Å². The molecule has 0 spiro atoms. The fourth-order valence-corrected chi connectivity index (χ4v) is 3.16. The van der Waals surface area contributed by atoms with Crippen LogP contribution in [0.3, 0.4) is 0 Å². The van der Waals surface area contributed by atoms with E-state index >= 15 is 0 Å². The molecule has 0 aromatic heterocycles. The van der Waals surface area contributed by atoms with E-state index in [0.717, 1.165) is 6.26 Å². The van der Waals surface area contributed by atoms with Crippen LogP contribution in [0.5, 0.6) is 0 Å². The van der Waals surface area contributed by atoms with Crippen molar-refractivity contribution in [3.63, 3.8) is 0 Å². The first-order chi connectivity index (χ1) is 9.76. The van der Waals surface area contributed by atoms with Gasteiger partial charge in [-0.2, -0.15) is 0 Å². The first kappa shape index (κ1) is 15.8. The zero-order valence-corrected chi connectivity index (χ0v) is 12.1. The average Bonchev–Trinajstić information content (AvgIpc) is 2.81. The first-order valence-corrected chi connectivity index (χ1v) is 8.17. The number of nitro benzene ring substituents is 1. The van der Waals surface area contributed by atoms with Crippen molar-refractivity contribution in [3.8, 4) is 0 Å². The van der Waals surface area contributed by atoms with Crippen molar-refractivity contribution >= 4 is 15.5 Å². The van der Waals surface area contributed by atoms with Crippen molar-refractivity contribution in [3.05, 3.63) is 39.9 Å². The predicted octanol–water partition coefficient (Wildman–Crippen LogP) is 0.200. The van der Waals surface area contributed by atoms with Crippen molar-refractivity contribution in [2.24, 2.45) is 0 Å². The summed E-state index contributed by atoms with van der Waals surface area (Å²) >= 11 is 0. The third kappa shape index (κ3) is 3.56. The highest BCUT2D eigenvalue weighted by molar-refractivity contribution is 7.90. The molecule has 1 N–H and O–H groups in total. The number of benzene rings is 1. The van der Waals surface area contributed by atoms with E-state index in [1.807, 2.05) is 0 Å². The van der Waals surface area contributed by atoms with E-state index in [2.05, 4.69) is 0 Å². The molecule has 1 aliphatic heterocycles. The molecule has 9 heteroatoms. The molecule has 0 unspecified atom stereocenters. The van der Waals surface area contributed by atoms with E-state index in [4.69, 9.17) is 14.6 Å². The molecule has 116 valence electrons. The minimum atomic E-state index is -3.44. The van der Waals surface area contributed by atoms with Crippen molar-refractivity contribution < 1.29 is 27.9 Å². The fourth-order valence-electron chi connectivity index (χ4n) is 2.15. The Kier molecular flexibility index (Phi) is 4.28. The number of non-ortho nitro benzene ring substituents is 1. The van der Waals surface area contributed by atoms with Gasteiger partial charge in [0.2, 0.25) is 5.79 Å². The highest BCUT2D eigenvalue weighted by Crippen LogP contribution is 2.36. The van der Waals surface area contributed by atoms with Crippen LogP contribution in [-0.2, 0) is 25.1 Å². The highest BCUT2D eigenvalue weighted by Gasteiger charge is 2.45. The van der Waals surface area contributed by atoms with Crippen LogP contribution in [0.4, 0.5) is 5.69 Å². The molecule has 0 radical (unpaired) electrons. The summed E-state index contributed by atoms with van der Waals surface area (Å²) in [6, 6.07) is 5.28. The van der Waals surface area contributed by atoms with Crippen LogP contribution in [0.1, 0.15) is 5.56 Å². The molecule has 1 aliphatic rings. The number of sulfone groups is 1. The molecule has 0 saturated carbocycles. The lowest BCUT2D eigenvalue weighted by Gasteiger charge is -2.27. The Morgan fingerprint density at radius 1 is 1.43 bits per heavy atom. The maximum Gasteiger partial charge on any atom is 0.269 e. The molecule has 8 nitrogen and oxygen atoms in total. The molecule has 0 amide bonds. The number of hydrogen-bond donors (Lipinski definition) is 1. The number of aliphatic hydroxyl groups is 1. The van der Waals surface area contributed by atoms with Crippen molar-refractivity contribution in [1.82, 2.24) is 0 Å². The molecule has 1 aromatic carbocycles. The van der Waals surface area contributed by atoms with E-state index in [-0.39, 0.29) is 18.9 Å². The molecule has 21 heavy (non-hydrogen) atoms. The normalized spacial score (nSPS) is 25.9. The number of rotatable bonds is 5. The van der Waals surface area contributed by atoms with Crippen LogP contribution in [0, 0.1) is 10.1 Å². The minimum absolute atomic E-state index is 0.0447. The number of nitrogens with zero attached hydrogens (tertiary/aromatic N) is 1. The summed E-state index contributed by atoms with van der Waals surface area (Å²) in [4.78, 5) is 10.1. The smallest absolute Gasteiger partial charge is 0.269 e. The highest BCUT2D eigenvalue weighted by atomic mass is 32.2. The van der Waals surface area contributed by atoms with Crippen LogP contribution in [0.2, 0.25) is 0 Å². The lowest BCUT2D eigenvalue weighted by Crippen LogP contribution is -2.36. The van der Waals surface area contributed by atoms with Gasteiger partial charge < -0.3 is 14.6 Å². The Morgan fingerprint density at radius 2 is 2.05 bits per heavy atom. The number of hydrogen-bond acceptors (Lipinski definition) is 7. The summed E-state index contributed by atoms with van der Waals surface area (Å²) in [5.41, 5.74) is 0.236. The van der Waals surface area contributed by atoms with Gasteiger partial charge in [-0.25, -0.2) is 8.42 Å². The third-order valence-corrected chi connectivity index (χ3v) is 3.94. The lowest BCUT2D eigenvalue weighted by molar-refractivity contribution is -0.384. The zero-order chi connectivity index (χ0) is 15.7. The molecule has 1 saturated heterocycles. The van der Waals surface area contributed by atoms with Crippen LogP contribution in [-0.4, -0.2) is 49.8 Å². The number of nitro groups is 1. The van der Waals surface area contributed by atoms with Gasteiger partial charge in [-0.1, -0.05) is 0 Å². The van der Waals surface area contributed by atoms with Crippen LogP contribution in [0.25, 0.3) is 0 Å². The molecule has 0 bridgehead atoms. The Hall–Kier alpha value is -1.55. The second kappa shape index (κ2) is 5.68. The SMILES string of the molecule is CS(=O)(=O)C[C@]1(c2ccc([N+](=O)[O-])cc2)OC[C@H](CO)O1. The van der Waals surface area contributed by atoms with Gasteiger partial charge in [-0.05, 0) is 12.1 Å². The molecule has 2 atom stereocenters. The van der Waals surface area contributed by atoms with Crippen molar-refractivity contribution in [2.45, 2.75) is 11.9 Å². The quantitative estimate of drug-likeness (QED) is 0.609. The predicted molar refractivity (Wildman–Crippen MR) is 72.4 cm³/mol. The summed E-state index contributed by atoms with van der Waals surface area (Å²) < 4.78 is 34.2.